The maximum atomic E-state index is 14.4. The number of halogens is 1. The van der Waals surface area contributed by atoms with Crippen molar-refractivity contribution < 1.29 is 13.9 Å². The minimum atomic E-state index is -0.609. The molecule has 0 bridgehead atoms. The Kier molecular flexibility index (Phi) is 5.81. The molecule has 4 rings (SSSR count). The molecule has 1 aromatic heterocycles. The Hall–Kier alpha value is -2.47. The maximum absolute atomic E-state index is 14.4. The minimum Gasteiger partial charge on any atom is -0.381 e. The van der Waals surface area contributed by atoms with E-state index in [9.17, 15) is 9.18 Å². The first-order valence-electron chi connectivity index (χ1n) is 10.4. The highest BCUT2D eigenvalue weighted by molar-refractivity contribution is 5.84. The van der Waals surface area contributed by atoms with E-state index >= 15 is 0 Å². The average Bonchev–Trinajstić information content (AvgIpc) is 3.25. The molecule has 0 aliphatic carbocycles. The standard InChI is InChI=1S/C23H28FN3O2/c1-25-21-15-17(8-11-26-21)20-7-4-12-27(20)22(28)23(9-13-29-14-10-23)16-18-5-2-3-6-19(18)24/h2-3,5-6,8,11,15,20H,4,7,9-10,12-14,16H2,1H3,(H,25,26). The van der Waals surface area contributed by atoms with Crippen LogP contribution >= 0.6 is 0 Å². The van der Waals surface area contributed by atoms with Gasteiger partial charge in [-0.25, -0.2) is 9.37 Å². The molecule has 1 atom stereocenters. The number of amides is 1. The third-order valence-electron chi connectivity index (χ3n) is 6.33. The van der Waals surface area contributed by atoms with Gasteiger partial charge >= 0.3 is 0 Å². The highest BCUT2D eigenvalue weighted by atomic mass is 19.1. The third-order valence-corrected chi connectivity index (χ3v) is 6.33. The van der Waals surface area contributed by atoms with Crippen LogP contribution in [-0.2, 0) is 16.0 Å². The lowest BCUT2D eigenvalue weighted by atomic mass is 9.73. The van der Waals surface area contributed by atoms with Gasteiger partial charge in [-0.05, 0) is 61.4 Å². The Morgan fingerprint density at radius 3 is 2.86 bits per heavy atom. The molecule has 1 N–H and O–H groups in total. The predicted octanol–water partition coefficient (Wildman–Crippen LogP) is 3.97. The molecule has 2 aliphatic heterocycles. The average molecular weight is 397 g/mol. The first-order valence-corrected chi connectivity index (χ1v) is 10.4. The zero-order valence-electron chi connectivity index (χ0n) is 16.9. The largest absolute Gasteiger partial charge is 0.381 e. The number of nitrogens with zero attached hydrogens (tertiary/aromatic N) is 2. The highest BCUT2D eigenvalue weighted by Gasteiger charge is 2.45. The number of pyridine rings is 1. The maximum Gasteiger partial charge on any atom is 0.229 e. The Bertz CT molecular complexity index is 867. The molecular formula is C23H28FN3O2. The van der Waals surface area contributed by atoms with E-state index in [0.29, 0.717) is 38.0 Å². The summed E-state index contributed by atoms with van der Waals surface area (Å²) in [4.78, 5) is 20.2. The molecule has 29 heavy (non-hydrogen) atoms. The molecule has 0 radical (unpaired) electrons. The van der Waals surface area contributed by atoms with Crippen LogP contribution in [-0.4, -0.2) is 42.6 Å². The summed E-state index contributed by atoms with van der Waals surface area (Å²) in [5.74, 6) is 0.695. The van der Waals surface area contributed by atoms with E-state index in [1.54, 1.807) is 18.3 Å². The van der Waals surface area contributed by atoms with E-state index in [2.05, 4.69) is 10.3 Å². The lowest BCUT2D eigenvalue weighted by molar-refractivity contribution is -0.149. The summed E-state index contributed by atoms with van der Waals surface area (Å²) in [5, 5.41) is 3.07. The van der Waals surface area contributed by atoms with Crippen molar-refractivity contribution in [2.75, 3.05) is 32.1 Å². The Labute approximate surface area is 171 Å². The second-order valence-corrected chi connectivity index (χ2v) is 8.04. The van der Waals surface area contributed by atoms with Crippen molar-refractivity contribution in [3.8, 4) is 0 Å². The molecule has 3 heterocycles. The minimum absolute atomic E-state index is 0.0398. The lowest BCUT2D eigenvalue weighted by Gasteiger charge is -2.40. The van der Waals surface area contributed by atoms with E-state index in [-0.39, 0.29) is 17.8 Å². The van der Waals surface area contributed by atoms with Gasteiger partial charge in [-0.3, -0.25) is 4.79 Å². The number of aromatic nitrogens is 1. The summed E-state index contributed by atoms with van der Waals surface area (Å²) in [6, 6.07) is 10.8. The summed E-state index contributed by atoms with van der Waals surface area (Å²) in [6.45, 7) is 1.82. The molecule has 6 heteroatoms. The summed E-state index contributed by atoms with van der Waals surface area (Å²) < 4.78 is 20.0. The summed E-state index contributed by atoms with van der Waals surface area (Å²) in [7, 11) is 1.84. The second kappa shape index (κ2) is 8.49. The van der Waals surface area contributed by atoms with Gasteiger partial charge in [0.15, 0.2) is 0 Å². The number of ether oxygens (including phenoxy) is 1. The van der Waals surface area contributed by atoms with Gasteiger partial charge in [-0.15, -0.1) is 0 Å². The fourth-order valence-corrected chi connectivity index (χ4v) is 4.69. The third kappa shape index (κ3) is 3.99. The number of nitrogens with one attached hydrogen (secondary N) is 1. The molecule has 0 saturated carbocycles. The van der Waals surface area contributed by atoms with Crippen LogP contribution in [0.1, 0.15) is 42.9 Å². The van der Waals surface area contributed by atoms with Gasteiger partial charge in [-0.2, -0.15) is 0 Å². The van der Waals surface area contributed by atoms with Gasteiger partial charge < -0.3 is 15.0 Å². The van der Waals surface area contributed by atoms with E-state index < -0.39 is 5.41 Å². The second-order valence-electron chi connectivity index (χ2n) is 8.04. The Morgan fingerprint density at radius 1 is 1.31 bits per heavy atom. The number of benzene rings is 1. The molecule has 2 fully saturated rings. The van der Waals surface area contributed by atoms with Crippen LogP contribution in [0.25, 0.3) is 0 Å². The molecule has 154 valence electrons. The van der Waals surface area contributed by atoms with Gasteiger partial charge in [0.25, 0.3) is 0 Å². The smallest absolute Gasteiger partial charge is 0.229 e. The van der Waals surface area contributed by atoms with Crippen molar-refractivity contribution >= 4 is 11.7 Å². The fourth-order valence-electron chi connectivity index (χ4n) is 4.69. The van der Waals surface area contributed by atoms with E-state index in [4.69, 9.17) is 4.74 Å². The van der Waals surface area contributed by atoms with E-state index in [1.165, 1.54) is 6.07 Å². The number of rotatable bonds is 5. The number of carbonyl (C=O) groups excluding carboxylic acids is 1. The van der Waals surface area contributed by atoms with Crippen LogP contribution in [0, 0.1) is 11.2 Å². The van der Waals surface area contributed by atoms with Crippen molar-refractivity contribution in [3.63, 3.8) is 0 Å². The van der Waals surface area contributed by atoms with Gasteiger partial charge in [0.2, 0.25) is 5.91 Å². The molecule has 1 aromatic carbocycles. The summed E-state index contributed by atoms with van der Waals surface area (Å²) in [5.41, 5.74) is 1.10. The SMILES string of the molecule is CNc1cc(C2CCCN2C(=O)C2(Cc3ccccc3F)CCOCC2)ccn1. The van der Waals surface area contributed by atoms with Gasteiger partial charge in [0, 0.05) is 33.0 Å². The van der Waals surface area contributed by atoms with Crippen LogP contribution in [0.15, 0.2) is 42.6 Å². The van der Waals surface area contributed by atoms with Gasteiger partial charge in [-0.1, -0.05) is 18.2 Å². The lowest BCUT2D eigenvalue weighted by Crippen LogP contribution is -2.48. The van der Waals surface area contributed by atoms with Crippen molar-refractivity contribution in [1.29, 1.82) is 0 Å². The monoisotopic (exact) mass is 397 g/mol. The number of hydrogen-bond donors (Lipinski definition) is 1. The number of carbonyl (C=O) groups is 1. The molecule has 2 aliphatic rings. The molecule has 2 saturated heterocycles. The molecule has 1 amide bonds. The van der Waals surface area contributed by atoms with Crippen LogP contribution < -0.4 is 5.32 Å². The zero-order valence-corrected chi connectivity index (χ0v) is 16.9. The number of hydrogen-bond acceptors (Lipinski definition) is 4. The quantitative estimate of drug-likeness (QED) is 0.830. The van der Waals surface area contributed by atoms with E-state index in [0.717, 1.165) is 30.8 Å². The predicted molar refractivity (Wildman–Crippen MR) is 110 cm³/mol. The van der Waals surface area contributed by atoms with Crippen LogP contribution in [0.2, 0.25) is 0 Å². The van der Waals surface area contributed by atoms with Gasteiger partial charge in [0.05, 0.1) is 11.5 Å². The first kappa shape index (κ1) is 19.8. The molecular weight excluding hydrogens is 369 g/mol. The Balaban J connectivity index is 1.64. The van der Waals surface area contributed by atoms with Crippen molar-refractivity contribution in [1.82, 2.24) is 9.88 Å². The van der Waals surface area contributed by atoms with Crippen molar-refractivity contribution in [2.45, 2.75) is 38.1 Å². The zero-order chi connectivity index (χ0) is 20.3. The topological polar surface area (TPSA) is 54.5 Å². The Morgan fingerprint density at radius 2 is 2.10 bits per heavy atom. The number of anilines is 1. The fraction of sp³-hybridized carbons (Fsp3) is 0.478. The first-order chi connectivity index (χ1) is 14.1. The van der Waals surface area contributed by atoms with Crippen LogP contribution in [0.4, 0.5) is 10.2 Å². The van der Waals surface area contributed by atoms with Crippen molar-refractivity contribution in [2.24, 2.45) is 5.41 Å². The molecule has 5 nitrogen and oxygen atoms in total. The highest BCUT2D eigenvalue weighted by Crippen LogP contribution is 2.42. The normalized spacial score (nSPS) is 21.2. The number of likely N-dealkylation sites (tertiary alicyclic amines) is 1. The van der Waals surface area contributed by atoms with Gasteiger partial charge in [0.1, 0.15) is 11.6 Å². The summed E-state index contributed by atoms with van der Waals surface area (Å²) in [6.07, 6.45) is 5.36. The molecule has 0 spiro atoms. The van der Waals surface area contributed by atoms with Crippen LogP contribution in [0.5, 0.6) is 0 Å². The summed E-state index contributed by atoms with van der Waals surface area (Å²) >= 11 is 0. The van der Waals surface area contributed by atoms with Crippen LogP contribution in [0.3, 0.4) is 0 Å². The van der Waals surface area contributed by atoms with Crippen molar-refractivity contribution in [3.05, 3.63) is 59.5 Å². The molecule has 2 aromatic rings. The van der Waals surface area contributed by atoms with E-state index in [1.807, 2.05) is 30.1 Å². The molecule has 1 unspecified atom stereocenters.